The third-order valence-corrected chi connectivity index (χ3v) is 4.61. The molecule has 2 heterocycles. The normalized spacial score (nSPS) is 11.8. The second kappa shape index (κ2) is 7.50. The quantitative estimate of drug-likeness (QED) is 0.610. The minimum Gasteiger partial charge on any atom is -0.406 e. The van der Waals surface area contributed by atoms with E-state index < -0.39 is 6.36 Å². The lowest BCUT2D eigenvalue weighted by molar-refractivity contribution is -0.274. The summed E-state index contributed by atoms with van der Waals surface area (Å²) in [6, 6.07) is 7.85. The fourth-order valence-corrected chi connectivity index (χ4v) is 3.22. The number of anilines is 1. The molecule has 3 aromatic rings. The molecule has 0 unspecified atom stereocenters. The SMILES string of the molecule is CCCn1c(C)c(C)c2ccnc(NCc3ccc(OC(F)(F)F)cc3)c21. The highest BCUT2D eigenvalue weighted by Gasteiger charge is 2.30. The van der Waals surface area contributed by atoms with E-state index in [9.17, 15) is 13.2 Å². The molecule has 0 bridgehead atoms. The van der Waals surface area contributed by atoms with Crippen LogP contribution in [0.1, 0.15) is 30.2 Å². The molecule has 0 amide bonds. The number of hydrogen-bond donors (Lipinski definition) is 1. The van der Waals surface area contributed by atoms with Crippen molar-refractivity contribution in [2.24, 2.45) is 0 Å². The van der Waals surface area contributed by atoms with Gasteiger partial charge in [0.15, 0.2) is 5.82 Å². The van der Waals surface area contributed by atoms with E-state index in [1.165, 1.54) is 23.4 Å². The first-order valence-corrected chi connectivity index (χ1v) is 8.83. The Labute approximate surface area is 156 Å². The van der Waals surface area contributed by atoms with Gasteiger partial charge in [0.05, 0.1) is 5.52 Å². The summed E-state index contributed by atoms with van der Waals surface area (Å²) in [5, 5.41) is 4.48. The van der Waals surface area contributed by atoms with Crippen molar-refractivity contribution >= 4 is 16.7 Å². The van der Waals surface area contributed by atoms with E-state index in [0.717, 1.165) is 35.2 Å². The van der Waals surface area contributed by atoms with Crippen LogP contribution in [0.2, 0.25) is 0 Å². The van der Waals surface area contributed by atoms with Crippen LogP contribution in [0.3, 0.4) is 0 Å². The second-order valence-electron chi connectivity index (χ2n) is 6.46. The zero-order valence-electron chi connectivity index (χ0n) is 15.5. The van der Waals surface area contributed by atoms with Crippen molar-refractivity contribution in [1.82, 2.24) is 9.55 Å². The number of nitrogens with zero attached hydrogens (tertiary/aromatic N) is 2. The van der Waals surface area contributed by atoms with Crippen molar-refractivity contribution in [1.29, 1.82) is 0 Å². The number of nitrogens with one attached hydrogen (secondary N) is 1. The fourth-order valence-electron chi connectivity index (χ4n) is 3.22. The Balaban J connectivity index is 1.82. The van der Waals surface area contributed by atoms with Gasteiger partial charge in [-0.1, -0.05) is 19.1 Å². The third kappa shape index (κ3) is 4.18. The number of benzene rings is 1. The second-order valence-corrected chi connectivity index (χ2v) is 6.46. The van der Waals surface area contributed by atoms with Crippen LogP contribution in [0.5, 0.6) is 5.75 Å². The number of alkyl halides is 3. The number of aromatic nitrogens is 2. The van der Waals surface area contributed by atoms with Gasteiger partial charge < -0.3 is 14.6 Å². The molecule has 0 aliphatic heterocycles. The molecule has 0 radical (unpaired) electrons. The molecule has 0 saturated heterocycles. The van der Waals surface area contributed by atoms with Crippen molar-refractivity contribution in [2.75, 3.05) is 5.32 Å². The number of fused-ring (bicyclic) bond motifs is 1. The standard InChI is InChI=1S/C20H22F3N3O/c1-4-11-26-14(3)13(2)17-9-10-24-19(18(17)26)25-12-15-5-7-16(8-6-15)27-20(21,22)23/h5-10H,4,11-12H2,1-3H3,(H,24,25). The molecule has 7 heteroatoms. The Morgan fingerprint density at radius 1 is 1.11 bits per heavy atom. The molecular weight excluding hydrogens is 355 g/mol. The minimum atomic E-state index is -4.68. The van der Waals surface area contributed by atoms with E-state index in [1.807, 2.05) is 6.07 Å². The number of halogens is 3. The van der Waals surface area contributed by atoms with E-state index in [1.54, 1.807) is 18.3 Å². The zero-order chi connectivity index (χ0) is 19.6. The van der Waals surface area contributed by atoms with Gasteiger partial charge in [-0.2, -0.15) is 0 Å². The summed E-state index contributed by atoms with van der Waals surface area (Å²) in [6.07, 6.45) is -1.90. The van der Waals surface area contributed by atoms with Gasteiger partial charge in [-0.15, -0.1) is 13.2 Å². The number of aryl methyl sites for hydroxylation is 2. The maximum atomic E-state index is 12.2. The molecule has 1 N–H and O–H groups in total. The Kier molecular flexibility index (Phi) is 5.30. The van der Waals surface area contributed by atoms with Gasteiger partial charge in [0, 0.05) is 30.4 Å². The number of ether oxygens (including phenoxy) is 1. The summed E-state index contributed by atoms with van der Waals surface area (Å²) in [5.41, 5.74) is 4.35. The molecule has 144 valence electrons. The van der Waals surface area contributed by atoms with Crippen molar-refractivity contribution in [3.63, 3.8) is 0 Å². The number of pyridine rings is 1. The third-order valence-electron chi connectivity index (χ3n) is 4.61. The van der Waals surface area contributed by atoms with Crippen molar-refractivity contribution in [2.45, 2.75) is 46.6 Å². The molecule has 3 rings (SSSR count). The van der Waals surface area contributed by atoms with Crippen molar-refractivity contribution in [3.8, 4) is 5.75 Å². The van der Waals surface area contributed by atoms with Gasteiger partial charge in [0.25, 0.3) is 0 Å². The lowest BCUT2D eigenvalue weighted by Crippen LogP contribution is -2.17. The topological polar surface area (TPSA) is 39.1 Å². The Morgan fingerprint density at radius 2 is 1.81 bits per heavy atom. The van der Waals surface area contributed by atoms with Crippen LogP contribution in [-0.2, 0) is 13.1 Å². The van der Waals surface area contributed by atoms with Crippen LogP contribution < -0.4 is 10.1 Å². The summed E-state index contributed by atoms with van der Waals surface area (Å²) < 4.78 is 42.9. The molecule has 27 heavy (non-hydrogen) atoms. The van der Waals surface area contributed by atoms with Gasteiger partial charge in [0.1, 0.15) is 5.75 Å². The molecule has 2 aromatic heterocycles. The first-order valence-electron chi connectivity index (χ1n) is 8.83. The Hall–Kier alpha value is -2.70. The van der Waals surface area contributed by atoms with E-state index in [-0.39, 0.29) is 5.75 Å². The molecule has 0 aliphatic carbocycles. The summed E-state index contributed by atoms with van der Waals surface area (Å²) >= 11 is 0. The molecular formula is C20H22F3N3O. The van der Waals surface area contributed by atoms with E-state index in [0.29, 0.717) is 6.54 Å². The van der Waals surface area contributed by atoms with Gasteiger partial charge in [0.2, 0.25) is 0 Å². The van der Waals surface area contributed by atoms with Crippen LogP contribution in [0.15, 0.2) is 36.5 Å². The predicted octanol–water partition coefficient (Wildman–Crippen LogP) is 5.57. The summed E-state index contributed by atoms with van der Waals surface area (Å²) in [4.78, 5) is 4.48. The van der Waals surface area contributed by atoms with Crippen LogP contribution in [0, 0.1) is 13.8 Å². The van der Waals surface area contributed by atoms with Crippen molar-refractivity contribution in [3.05, 3.63) is 53.3 Å². The highest BCUT2D eigenvalue weighted by Crippen LogP contribution is 2.30. The molecule has 0 saturated carbocycles. The van der Waals surface area contributed by atoms with Crippen LogP contribution in [0.4, 0.5) is 19.0 Å². The zero-order valence-corrected chi connectivity index (χ0v) is 15.5. The maximum absolute atomic E-state index is 12.2. The highest BCUT2D eigenvalue weighted by molar-refractivity contribution is 5.93. The Bertz CT molecular complexity index is 930. The van der Waals surface area contributed by atoms with E-state index in [2.05, 4.69) is 40.4 Å². The van der Waals surface area contributed by atoms with Crippen LogP contribution in [0.25, 0.3) is 10.9 Å². The average molecular weight is 377 g/mol. The van der Waals surface area contributed by atoms with E-state index >= 15 is 0 Å². The Morgan fingerprint density at radius 3 is 2.44 bits per heavy atom. The smallest absolute Gasteiger partial charge is 0.406 e. The van der Waals surface area contributed by atoms with Gasteiger partial charge in [-0.3, -0.25) is 0 Å². The lowest BCUT2D eigenvalue weighted by Gasteiger charge is -2.12. The molecule has 1 aromatic carbocycles. The molecule has 0 atom stereocenters. The van der Waals surface area contributed by atoms with Crippen LogP contribution >= 0.6 is 0 Å². The molecule has 4 nitrogen and oxygen atoms in total. The first-order chi connectivity index (χ1) is 12.8. The van der Waals surface area contributed by atoms with Gasteiger partial charge in [-0.05, 0) is 49.6 Å². The average Bonchev–Trinajstić information content (AvgIpc) is 2.86. The lowest BCUT2D eigenvalue weighted by atomic mass is 10.2. The fraction of sp³-hybridized carbons (Fsp3) is 0.350. The van der Waals surface area contributed by atoms with Gasteiger partial charge in [-0.25, -0.2) is 4.98 Å². The predicted molar refractivity (Wildman–Crippen MR) is 99.9 cm³/mol. The van der Waals surface area contributed by atoms with Gasteiger partial charge >= 0.3 is 6.36 Å². The molecule has 0 fully saturated rings. The highest BCUT2D eigenvalue weighted by atomic mass is 19.4. The maximum Gasteiger partial charge on any atom is 0.573 e. The van der Waals surface area contributed by atoms with E-state index in [4.69, 9.17) is 0 Å². The summed E-state index contributed by atoms with van der Waals surface area (Å²) in [5.74, 6) is 0.544. The molecule has 0 aliphatic rings. The minimum absolute atomic E-state index is 0.227. The summed E-state index contributed by atoms with van der Waals surface area (Å²) in [6.45, 7) is 7.70. The van der Waals surface area contributed by atoms with Crippen molar-refractivity contribution < 1.29 is 17.9 Å². The number of hydrogen-bond acceptors (Lipinski definition) is 3. The summed E-state index contributed by atoms with van der Waals surface area (Å²) in [7, 11) is 0. The monoisotopic (exact) mass is 377 g/mol. The first kappa shape index (κ1) is 19.1. The largest absolute Gasteiger partial charge is 0.573 e. The van der Waals surface area contributed by atoms with Crippen LogP contribution in [-0.4, -0.2) is 15.9 Å². The number of rotatable bonds is 6. The molecule has 0 spiro atoms.